The van der Waals surface area contributed by atoms with Gasteiger partial charge in [0.05, 0.1) is 6.04 Å². The minimum Gasteiger partial charge on any atom is -0.444 e. The number of piperidine rings is 1. The molecule has 0 radical (unpaired) electrons. The van der Waals surface area contributed by atoms with Crippen LogP contribution in [0.1, 0.15) is 52.9 Å². The number of hydrogen-bond donors (Lipinski definition) is 1. The predicted octanol–water partition coefficient (Wildman–Crippen LogP) is 1.51. The molecule has 2 unspecified atom stereocenters. The van der Waals surface area contributed by atoms with E-state index in [2.05, 4.69) is 5.32 Å². The summed E-state index contributed by atoms with van der Waals surface area (Å²) in [6, 6.07) is -0.126. The lowest BCUT2D eigenvalue weighted by Crippen LogP contribution is -2.54. The molecule has 0 saturated carbocycles. The fourth-order valence-corrected chi connectivity index (χ4v) is 3.13. The van der Waals surface area contributed by atoms with Crippen molar-refractivity contribution in [1.29, 1.82) is 0 Å². The first-order chi connectivity index (χ1) is 11.2. The van der Waals surface area contributed by atoms with E-state index < -0.39 is 5.60 Å². The normalized spacial score (nSPS) is 26.3. The van der Waals surface area contributed by atoms with E-state index in [-0.39, 0.29) is 30.0 Å². The molecule has 2 aliphatic heterocycles. The Balaban J connectivity index is 1.86. The van der Waals surface area contributed by atoms with Crippen molar-refractivity contribution < 1.29 is 19.1 Å². The molecule has 0 spiro atoms. The lowest BCUT2D eigenvalue weighted by atomic mass is 10.0. The molecule has 2 atom stereocenters. The average molecular weight is 339 g/mol. The molecule has 3 amide bonds. The molecule has 136 valence electrons. The van der Waals surface area contributed by atoms with Gasteiger partial charge < -0.3 is 15.0 Å². The van der Waals surface area contributed by atoms with Crippen LogP contribution in [0.3, 0.4) is 0 Å². The Kier molecular flexibility index (Phi) is 5.85. The minimum absolute atomic E-state index is 0.116. The molecule has 7 nitrogen and oxygen atoms in total. The predicted molar refractivity (Wildman–Crippen MR) is 89.4 cm³/mol. The summed E-state index contributed by atoms with van der Waals surface area (Å²) >= 11 is 0. The highest BCUT2D eigenvalue weighted by atomic mass is 16.6. The number of likely N-dealkylation sites (tertiary alicyclic amines) is 2. The van der Waals surface area contributed by atoms with E-state index in [1.165, 1.54) is 11.9 Å². The molecule has 2 heterocycles. The first kappa shape index (κ1) is 18.7. The Morgan fingerprint density at radius 1 is 1.17 bits per heavy atom. The Morgan fingerprint density at radius 2 is 1.88 bits per heavy atom. The van der Waals surface area contributed by atoms with Crippen LogP contribution in [0.25, 0.3) is 0 Å². The Morgan fingerprint density at radius 3 is 2.54 bits per heavy atom. The third-order valence-electron chi connectivity index (χ3n) is 4.47. The average Bonchev–Trinajstić information content (AvgIpc) is 2.72. The second kappa shape index (κ2) is 7.51. The SMILES string of the molecule is CN1C(=O)CCC(NC2CCCN(C(=O)OC(C)(C)C)CC2)C1=O. The van der Waals surface area contributed by atoms with Crippen molar-refractivity contribution in [3.05, 3.63) is 0 Å². The minimum atomic E-state index is -0.493. The van der Waals surface area contributed by atoms with Crippen molar-refractivity contribution >= 4 is 17.9 Å². The molecular formula is C17H29N3O4. The van der Waals surface area contributed by atoms with E-state index in [0.29, 0.717) is 25.9 Å². The van der Waals surface area contributed by atoms with Gasteiger partial charge in [-0.2, -0.15) is 0 Å². The van der Waals surface area contributed by atoms with E-state index in [1.807, 2.05) is 20.8 Å². The number of carbonyl (C=O) groups is 3. The van der Waals surface area contributed by atoms with Gasteiger partial charge in [-0.3, -0.25) is 14.5 Å². The maximum absolute atomic E-state index is 12.2. The third kappa shape index (κ3) is 4.93. The van der Waals surface area contributed by atoms with Crippen LogP contribution in [0.4, 0.5) is 4.79 Å². The number of amides is 3. The van der Waals surface area contributed by atoms with Crippen molar-refractivity contribution in [1.82, 2.24) is 15.1 Å². The molecule has 24 heavy (non-hydrogen) atoms. The van der Waals surface area contributed by atoms with Crippen LogP contribution in [-0.4, -0.2) is 65.5 Å². The van der Waals surface area contributed by atoms with Gasteiger partial charge in [-0.25, -0.2) is 4.79 Å². The standard InChI is InChI=1S/C17H29N3O4/c1-17(2,3)24-16(23)20-10-5-6-12(9-11-20)18-13-7-8-14(21)19(4)15(13)22/h12-13,18H,5-11H2,1-4H3. The molecule has 1 N–H and O–H groups in total. The van der Waals surface area contributed by atoms with Crippen LogP contribution in [0.15, 0.2) is 0 Å². The zero-order valence-corrected chi connectivity index (χ0v) is 15.1. The maximum atomic E-state index is 12.2. The Bertz CT molecular complexity index is 501. The summed E-state index contributed by atoms with van der Waals surface area (Å²) in [7, 11) is 1.54. The largest absolute Gasteiger partial charge is 0.444 e. The fourth-order valence-electron chi connectivity index (χ4n) is 3.13. The van der Waals surface area contributed by atoms with Crippen molar-refractivity contribution in [2.45, 2.75) is 70.6 Å². The van der Waals surface area contributed by atoms with E-state index in [0.717, 1.165) is 19.3 Å². The molecule has 2 aliphatic rings. The van der Waals surface area contributed by atoms with Crippen LogP contribution in [0.2, 0.25) is 0 Å². The molecule has 0 aromatic rings. The van der Waals surface area contributed by atoms with Gasteiger partial charge in [0.15, 0.2) is 0 Å². The lowest BCUT2D eigenvalue weighted by Gasteiger charge is -2.31. The number of likely N-dealkylation sites (N-methyl/N-ethyl adjacent to an activating group) is 1. The van der Waals surface area contributed by atoms with Crippen LogP contribution in [0, 0.1) is 0 Å². The summed E-state index contributed by atoms with van der Waals surface area (Å²) in [6.45, 7) is 6.87. The number of hydrogen-bond acceptors (Lipinski definition) is 5. The summed E-state index contributed by atoms with van der Waals surface area (Å²) in [5, 5.41) is 3.38. The van der Waals surface area contributed by atoms with Crippen LogP contribution in [-0.2, 0) is 14.3 Å². The van der Waals surface area contributed by atoms with E-state index in [4.69, 9.17) is 4.74 Å². The summed E-state index contributed by atoms with van der Waals surface area (Å²) in [6.07, 6.45) is 3.22. The second-order valence-electron chi connectivity index (χ2n) is 7.64. The van der Waals surface area contributed by atoms with Gasteiger partial charge in [0.2, 0.25) is 11.8 Å². The topological polar surface area (TPSA) is 79.0 Å². The summed E-state index contributed by atoms with van der Waals surface area (Å²) in [4.78, 5) is 38.9. The van der Waals surface area contributed by atoms with Crippen LogP contribution >= 0.6 is 0 Å². The second-order valence-corrected chi connectivity index (χ2v) is 7.64. The van der Waals surface area contributed by atoms with E-state index in [9.17, 15) is 14.4 Å². The van der Waals surface area contributed by atoms with Gasteiger partial charge >= 0.3 is 6.09 Å². The van der Waals surface area contributed by atoms with Crippen molar-refractivity contribution in [3.63, 3.8) is 0 Å². The molecule has 0 aromatic heterocycles. The number of nitrogens with zero attached hydrogens (tertiary/aromatic N) is 2. The molecular weight excluding hydrogens is 310 g/mol. The number of nitrogens with one attached hydrogen (secondary N) is 1. The van der Waals surface area contributed by atoms with Gasteiger partial charge in [-0.1, -0.05) is 0 Å². The van der Waals surface area contributed by atoms with E-state index in [1.54, 1.807) is 4.90 Å². The molecule has 0 bridgehead atoms. The molecule has 2 fully saturated rings. The number of rotatable bonds is 2. The monoisotopic (exact) mass is 339 g/mol. The molecule has 7 heteroatoms. The van der Waals surface area contributed by atoms with Gasteiger partial charge in [0.25, 0.3) is 0 Å². The lowest BCUT2D eigenvalue weighted by molar-refractivity contribution is -0.148. The Labute approximate surface area is 143 Å². The van der Waals surface area contributed by atoms with Gasteiger partial charge in [0, 0.05) is 32.6 Å². The van der Waals surface area contributed by atoms with Crippen LogP contribution in [0.5, 0.6) is 0 Å². The molecule has 2 rings (SSSR count). The van der Waals surface area contributed by atoms with Crippen molar-refractivity contribution in [3.8, 4) is 0 Å². The first-order valence-corrected chi connectivity index (χ1v) is 8.72. The summed E-state index contributed by atoms with van der Waals surface area (Å²) in [5.74, 6) is -0.269. The quantitative estimate of drug-likeness (QED) is 0.772. The zero-order chi connectivity index (χ0) is 17.9. The molecule has 0 aliphatic carbocycles. The number of carbonyl (C=O) groups excluding carboxylic acids is 3. The highest BCUT2D eigenvalue weighted by Gasteiger charge is 2.33. The molecule has 0 aromatic carbocycles. The van der Waals surface area contributed by atoms with Crippen molar-refractivity contribution in [2.24, 2.45) is 0 Å². The summed E-state index contributed by atoms with van der Waals surface area (Å²) in [5.41, 5.74) is -0.493. The van der Waals surface area contributed by atoms with E-state index >= 15 is 0 Å². The van der Waals surface area contributed by atoms with Crippen molar-refractivity contribution in [2.75, 3.05) is 20.1 Å². The Hall–Kier alpha value is -1.63. The fraction of sp³-hybridized carbons (Fsp3) is 0.824. The van der Waals surface area contributed by atoms with Crippen LogP contribution < -0.4 is 5.32 Å². The van der Waals surface area contributed by atoms with Gasteiger partial charge in [0.1, 0.15) is 5.60 Å². The molecule has 2 saturated heterocycles. The highest BCUT2D eigenvalue weighted by molar-refractivity contribution is 6.00. The zero-order valence-electron chi connectivity index (χ0n) is 15.1. The smallest absolute Gasteiger partial charge is 0.410 e. The summed E-state index contributed by atoms with van der Waals surface area (Å²) < 4.78 is 5.43. The first-order valence-electron chi connectivity index (χ1n) is 8.72. The highest BCUT2D eigenvalue weighted by Crippen LogP contribution is 2.18. The number of imide groups is 1. The van der Waals surface area contributed by atoms with Gasteiger partial charge in [-0.05, 0) is 46.5 Å². The third-order valence-corrected chi connectivity index (χ3v) is 4.47. The number of ether oxygens (including phenoxy) is 1. The van der Waals surface area contributed by atoms with Gasteiger partial charge in [-0.15, -0.1) is 0 Å². The maximum Gasteiger partial charge on any atom is 0.410 e.